The number of carbonyl (C=O) groups excluding carboxylic acids is 2. The average molecular weight is 210 g/mol. The van der Waals surface area contributed by atoms with E-state index in [9.17, 15) is 9.59 Å². The predicted molar refractivity (Wildman–Crippen MR) is 57.3 cm³/mol. The molecular weight excluding hydrogens is 192 g/mol. The van der Waals surface area contributed by atoms with Crippen molar-refractivity contribution < 1.29 is 14.3 Å². The lowest BCUT2D eigenvalue weighted by Gasteiger charge is -2.26. The van der Waals surface area contributed by atoms with Gasteiger partial charge in [0.15, 0.2) is 5.78 Å². The summed E-state index contributed by atoms with van der Waals surface area (Å²) in [5.74, 6) is -0.567. The van der Waals surface area contributed by atoms with Gasteiger partial charge in [0, 0.05) is 0 Å². The van der Waals surface area contributed by atoms with E-state index in [1.807, 2.05) is 0 Å². The molecule has 0 aromatic heterocycles. The quantitative estimate of drug-likeness (QED) is 0.407. The molecule has 0 heterocycles. The van der Waals surface area contributed by atoms with Crippen LogP contribution in [0.2, 0.25) is 0 Å². The number of hydrogen-bond acceptors (Lipinski definition) is 3. The second-order valence-corrected chi connectivity index (χ2v) is 4.37. The van der Waals surface area contributed by atoms with Gasteiger partial charge in [0.25, 0.3) is 0 Å². The Bertz CT molecular complexity index is 304. The number of ketones is 1. The lowest BCUT2D eigenvalue weighted by molar-refractivity contribution is -0.160. The van der Waals surface area contributed by atoms with Gasteiger partial charge in [-0.2, -0.15) is 0 Å². The highest BCUT2D eigenvalue weighted by Crippen LogP contribution is 2.44. The number of esters is 1. The monoisotopic (exact) mass is 210 g/mol. The normalized spacial score (nSPS) is 25.7. The number of ether oxygens (including phenoxy) is 1. The predicted octanol–water partition coefficient (Wildman–Crippen LogP) is 2.25. The highest BCUT2D eigenvalue weighted by atomic mass is 16.5. The van der Waals surface area contributed by atoms with E-state index in [2.05, 4.69) is 6.58 Å². The first-order chi connectivity index (χ1) is 6.91. The second kappa shape index (κ2) is 4.17. The standard InChI is InChI=1S/C12H18O3/c1-8(2)15-11(14)12(10(4)13)7-5-6-9(12)3/h8H,3,5-7H2,1-2,4H3/t12-/m1/s1. The minimum Gasteiger partial charge on any atom is -0.462 e. The van der Waals surface area contributed by atoms with Crippen molar-refractivity contribution in [2.24, 2.45) is 5.41 Å². The fraction of sp³-hybridized carbons (Fsp3) is 0.667. The van der Waals surface area contributed by atoms with Crippen LogP contribution in [0.1, 0.15) is 40.0 Å². The SMILES string of the molecule is C=C1CCC[C@@]1(C(C)=O)C(=O)OC(C)C. The molecule has 0 saturated heterocycles. The lowest BCUT2D eigenvalue weighted by Crippen LogP contribution is -2.39. The number of hydrogen-bond donors (Lipinski definition) is 0. The lowest BCUT2D eigenvalue weighted by atomic mass is 9.79. The van der Waals surface area contributed by atoms with E-state index in [0.29, 0.717) is 12.0 Å². The van der Waals surface area contributed by atoms with Crippen molar-refractivity contribution in [3.63, 3.8) is 0 Å². The molecule has 3 heteroatoms. The molecule has 1 atom stereocenters. The Labute approximate surface area is 90.5 Å². The molecule has 0 N–H and O–H groups in total. The van der Waals surface area contributed by atoms with Crippen LogP contribution in [0, 0.1) is 5.41 Å². The number of Topliss-reactive ketones (excluding diaryl/α,β-unsaturated/α-hetero) is 1. The van der Waals surface area contributed by atoms with Gasteiger partial charge in [-0.1, -0.05) is 12.2 Å². The third kappa shape index (κ3) is 1.96. The zero-order valence-electron chi connectivity index (χ0n) is 9.63. The van der Waals surface area contributed by atoms with Crippen molar-refractivity contribution in [3.05, 3.63) is 12.2 Å². The maximum Gasteiger partial charge on any atom is 0.324 e. The van der Waals surface area contributed by atoms with Gasteiger partial charge in [0.1, 0.15) is 5.41 Å². The minimum atomic E-state index is -1.05. The second-order valence-electron chi connectivity index (χ2n) is 4.37. The third-order valence-corrected chi connectivity index (χ3v) is 2.93. The first-order valence-corrected chi connectivity index (χ1v) is 5.31. The van der Waals surface area contributed by atoms with E-state index < -0.39 is 11.4 Å². The highest BCUT2D eigenvalue weighted by molar-refractivity contribution is 6.06. The fourth-order valence-corrected chi connectivity index (χ4v) is 2.09. The van der Waals surface area contributed by atoms with Crippen LogP contribution in [-0.4, -0.2) is 17.9 Å². The van der Waals surface area contributed by atoms with Gasteiger partial charge in [-0.15, -0.1) is 0 Å². The van der Waals surface area contributed by atoms with Gasteiger partial charge in [-0.3, -0.25) is 9.59 Å². The summed E-state index contributed by atoms with van der Waals surface area (Å²) in [5.41, 5.74) is -0.342. The minimum absolute atomic E-state index is 0.143. The van der Waals surface area contributed by atoms with Gasteiger partial charge < -0.3 is 4.74 Å². The molecule has 1 rings (SSSR count). The van der Waals surface area contributed by atoms with E-state index in [4.69, 9.17) is 4.74 Å². The summed E-state index contributed by atoms with van der Waals surface area (Å²) in [6, 6.07) is 0. The molecule has 84 valence electrons. The summed E-state index contributed by atoms with van der Waals surface area (Å²) in [6.07, 6.45) is 1.94. The van der Waals surface area contributed by atoms with Crippen LogP contribution < -0.4 is 0 Å². The van der Waals surface area contributed by atoms with Gasteiger partial charge >= 0.3 is 5.97 Å². The van der Waals surface area contributed by atoms with Crippen LogP contribution in [0.3, 0.4) is 0 Å². The molecule has 0 spiro atoms. The molecule has 1 saturated carbocycles. The van der Waals surface area contributed by atoms with Gasteiger partial charge in [0.05, 0.1) is 6.10 Å². The van der Waals surface area contributed by atoms with E-state index in [1.54, 1.807) is 13.8 Å². The molecule has 0 unspecified atom stereocenters. The van der Waals surface area contributed by atoms with Gasteiger partial charge in [-0.05, 0) is 40.0 Å². The summed E-state index contributed by atoms with van der Waals surface area (Å²) in [6.45, 7) is 8.84. The zero-order chi connectivity index (χ0) is 11.6. The summed E-state index contributed by atoms with van der Waals surface area (Å²) in [4.78, 5) is 23.6. The topological polar surface area (TPSA) is 43.4 Å². The summed E-state index contributed by atoms with van der Waals surface area (Å²) in [7, 11) is 0. The molecule has 1 aliphatic carbocycles. The Balaban J connectivity index is 2.97. The molecule has 0 aromatic carbocycles. The van der Waals surface area contributed by atoms with Crippen molar-refractivity contribution in [3.8, 4) is 0 Å². The molecule has 1 fully saturated rings. The summed E-state index contributed by atoms with van der Waals surface area (Å²) in [5, 5.41) is 0. The highest BCUT2D eigenvalue weighted by Gasteiger charge is 2.49. The van der Waals surface area contributed by atoms with E-state index in [1.165, 1.54) is 6.92 Å². The first kappa shape index (κ1) is 12.0. The molecule has 0 aromatic rings. The third-order valence-electron chi connectivity index (χ3n) is 2.93. The fourth-order valence-electron chi connectivity index (χ4n) is 2.09. The molecule has 0 amide bonds. The average Bonchev–Trinajstić information content (AvgIpc) is 2.46. The van der Waals surface area contributed by atoms with Crippen molar-refractivity contribution in [1.29, 1.82) is 0 Å². The van der Waals surface area contributed by atoms with Crippen LogP contribution >= 0.6 is 0 Å². The maximum atomic E-state index is 11.9. The first-order valence-electron chi connectivity index (χ1n) is 5.31. The largest absolute Gasteiger partial charge is 0.462 e. The maximum absolute atomic E-state index is 11.9. The van der Waals surface area contributed by atoms with E-state index in [0.717, 1.165) is 12.8 Å². The van der Waals surface area contributed by atoms with Crippen molar-refractivity contribution in [1.82, 2.24) is 0 Å². The number of carbonyl (C=O) groups is 2. The van der Waals surface area contributed by atoms with Crippen molar-refractivity contribution >= 4 is 11.8 Å². The Morgan fingerprint density at radius 1 is 1.47 bits per heavy atom. The molecule has 15 heavy (non-hydrogen) atoms. The van der Waals surface area contributed by atoms with Crippen LogP contribution in [0.25, 0.3) is 0 Å². The zero-order valence-corrected chi connectivity index (χ0v) is 9.63. The summed E-state index contributed by atoms with van der Waals surface area (Å²) < 4.78 is 5.15. The van der Waals surface area contributed by atoms with E-state index >= 15 is 0 Å². The number of rotatable bonds is 3. The van der Waals surface area contributed by atoms with Crippen LogP contribution in [-0.2, 0) is 14.3 Å². The van der Waals surface area contributed by atoms with Gasteiger partial charge in [-0.25, -0.2) is 0 Å². The van der Waals surface area contributed by atoms with Crippen LogP contribution in [0.4, 0.5) is 0 Å². The molecular formula is C12H18O3. The molecule has 1 aliphatic rings. The molecule has 3 nitrogen and oxygen atoms in total. The Kier molecular flexibility index (Phi) is 3.32. The molecule has 0 bridgehead atoms. The Morgan fingerprint density at radius 3 is 2.40 bits per heavy atom. The van der Waals surface area contributed by atoms with Crippen LogP contribution in [0.15, 0.2) is 12.2 Å². The van der Waals surface area contributed by atoms with Gasteiger partial charge in [0.2, 0.25) is 0 Å². The Hall–Kier alpha value is -1.12. The Morgan fingerprint density at radius 2 is 2.07 bits per heavy atom. The molecule has 0 aliphatic heterocycles. The van der Waals surface area contributed by atoms with Crippen molar-refractivity contribution in [2.75, 3.05) is 0 Å². The summed E-state index contributed by atoms with van der Waals surface area (Å²) >= 11 is 0. The molecule has 0 radical (unpaired) electrons. The van der Waals surface area contributed by atoms with Crippen LogP contribution in [0.5, 0.6) is 0 Å². The van der Waals surface area contributed by atoms with E-state index in [-0.39, 0.29) is 11.9 Å². The van der Waals surface area contributed by atoms with Crippen molar-refractivity contribution in [2.45, 2.75) is 46.1 Å². The smallest absolute Gasteiger partial charge is 0.324 e.